The molecule has 2 aromatic heterocycles. The molecule has 5 nitrogen and oxygen atoms in total. The van der Waals surface area contributed by atoms with Crippen LogP contribution in [0.3, 0.4) is 0 Å². The van der Waals surface area contributed by atoms with E-state index in [1.807, 2.05) is 25.0 Å². The quantitative estimate of drug-likeness (QED) is 0.542. The monoisotopic (exact) mass is 403 g/mol. The molecular formula is C25H33N5. The van der Waals surface area contributed by atoms with Crippen LogP contribution in [0.25, 0.3) is 5.65 Å². The summed E-state index contributed by atoms with van der Waals surface area (Å²) in [6.07, 6.45) is 7.89. The van der Waals surface area contributed by atoms with Gasteiger partial charge in [-0.3, -0.25) is 0 Å². The van der Waals surface area contributed by atoms with Gasteiger partial charge in [0.2, 0.25) is 0 Å². The van der Waals surface area contributed by atoms with Gasteiger partial charge in [0, 0.05) is 26.8 Å². The van der Waals surface area contributed by atoms with E-state index in [1.54, 1.807) is 0 Å². The SMILES string of the molecule is C=C/C(NC)=C(/CC1CC1)C(c1ccc(C)cc1)N(C)c1cc(C)c2nn(C)n2c1. The van der Waals surface area contributed by atoms with Gasteiger partial charge in [0.25, 0.3) is 0 Å². The molecule has 0 spiro atoms. The number of aromatic nitrogens is 3. The van der Waals surface area contributed by atoms with Gasteiger partial charge in [-0.25, -0.2) is 9.31 Å². The maximum Gasteiger partial charge on any atom is 0.177 e. The van der Waals surface area contributed by atoms with E-state index in [1.165, 1.54) is 40.8 Å². The molecule has 1 atom stereocenters. The van der Waals surface area contributed by atoms with Crippen LogP contribution in [-0.4, -0.2) is 28.5 Å². The molecule has 0 bridgehead atoms. The lowest BCUT2D eigenvalue weighted by Gasteiger charge is -2.35. The Labute approximate surface area is 179 Å². The number of fused-ring (bicyclic) bond motifs is 1. The first kappa shape index (κ1) is 20.3. The molecule has 158 valence electrons. The second-order valence-corrected chi connectivity index (χ2v) is 8.60. The van der Waals surface area contributed by atoms with E-state index in [-0.39, 0.29) is 6.04 Å². The van der Waals surface area contributed by atoms with Gasteiger partial charge >= 0.3 is 0 Å². The molecule has 0 aliphatic heterocycles. The van der Waals surface area contributed by atoms with Crippen molar-refractivity contribution in [3.8, 4) is 0 Å². The molecule has 3 aromatic rings. The van der Waals surface area contributed by atoms with Crippen molar-refractivity contribution in [1.29, 1.82) is 0 Å². The third kappa shape index (κ3) is 3.76. The van der Waals surface area contributed by atoms with E-state index in [0.29, 0.717) is 0 Å². The Balaban J connectivity index is 1.85. The summed E-state index contributed by atoms with van der Waals surface area (Å²) >= 11 is 0. The van der Waals surface area contributed by atoms with Crippen LogP contribution in [0.4, 0.5) is 5.69 Å². The molecule has 2 heterocycles. The van der Waals surface area contributed by atoms with Gasteiger partial charge in [-0.15, -0.1) is 5.10 Å². The Morgan fingerprint density at radius 3 is 2.57 bits per heavy atom. The normalized spacial score (nSPS) is 15.8. The predicted octanol–water partition coefficient (Wildman–Crippen LogP) is 4.93. The number of likely N-dealkylation sites (N-methyl/N-ethyl adjacent to an activating group) is 2. The summed E-state index contributed by atoms with van der Waals surface area (Å²) in [7, 11) is 6.17. The van der Waals surface area contributed by atoms with Gasteiger partial charge in [-0.2, -0.15) is 0 Å². The first-order valence-electron chi connectivity index (χ1n) is 10.8. The molecule has 1 fully saturated rings. The van der Waals surface area contributed by atoms with Crippen molar-refractivity contribution in [3.05, 3.63) is 77.1 Å². The van der Waals surface area contributed by atoms with Crippen molar-refractivity contribution in [3.63, 3.8) is 0 Å². The van der Waals surface area contributed by atoms with Crippen LogP contribution < -0.4 is 10.2 Å². The maximum absolute atomic E-state index is 4.48. The Kier molecular flexibility index (Phi) is 5.46. The van der Waals surface area contributed by atoms with E-state index >= 15 is 0 Å². The highest BCUT2D eigenvalue weighted by molar-refractivity contribution is 5.59. The van der Waals surface area contributed by atoms with Crippen LogP contribution in [0.15, 0.2) is 60.5 Å². The lowest BCUT2D eigenvalue weighted by Crippen LogP contribution is -2.29. The predicted molar refractivity (Wildman–Crippen MR) is 125 cm³/mol. The molecule has 1 aliphatic carbocycles. The van der Waals surface area contributed by atoms with Crippen molar-refractivity contribution >= 4 is 11.3 Å². The van der Waals surface area contributed by atoms with E-state index in [2.05, 4.69) is 83.8 Å². The average Bonchev–Trinajstić information content (AvgIpc) is 3.55. The summed E-state index contributed by atoms with van der Waals surface area (Å²) in [5.74, 6) is 0.780. The Morgan fingerprint density at radius 1 is 1.30 bits per heavy atom. The summed E-state index contributed by atoms with van der Waals surface area (Å²) in [5.41, 5.74) is 8.52. The number of anilines is 1. The van der Waals surface area contributed by atoms with Crippen molar-refractivity contribution in [2.24, 2.45) is 13.0 Å². The average molecular weight is 404 g/mol. The standard InChI is InChI=1S/C25H33N5/c1-7-23(26-4)22(15-19-10-11-19)24(20-12-8-17(2)9-13-20)28(5)21-14-18(3)25-27-29(6)30(25)16-21/h7-9,12-14,16,19,24,26H,1,10-11,15H2,2-6H3/b23-22+. The number of hydrogen-bond donors (Lipinski definition) is 1. The molecule has 5 heteroatoms. The van der Waals surface area contributed by atoms with Crippen molar-refractivity contribution in [2.75, 3.05) is 19.0 Å². The minimum atomic E-state index is 0.132. The lowest BCUT2D eigenvalue weighted by molar-refractivity contribution is 0.521. The highest BCUT2D eigenvalue weighted by atomic mass is 15.6. The van der Waals surface area contributed by atoms with Gasteiger partial charge in [0.05, 0.1) is 17.9 Å². The Morgan fingerprint density at radius 2 is 2.00 bits per heavy atom. The molecule has 1 aliphatic rings. The summed E-state index contributed by atoms with van der Waals surface area (Å²) in [6, 6.07) is 11.3. The van der Waals surface area contributed by atoms with E-state index in [4.69, 9.17) is 0 Å². The molecule has 1 N–H and O–H groups in total. The van der Waals surface area contributed by atoms with Crippen molar-refractivity contribution < 1.29 is 0 Å². The zero-order valence-electron chi connectivity index (χ0n) is 18.8. The Hall–Kier alpha value is -2.95. The van der Waals surface area contributed by atoms with Crippen LogP contribution in [0.1, 0.15) is 42.0 Å². The molecule has 1 saturated carbocycles. The summed E-state index contributed by atoms with van der Waals surface area (Å²) in [4.78, 5) is 4.28. The number of nitrogens with zero attached hydrogens (tertiary/aromatic N) is 4. The topological polar surface area (TPSA) is 37.5 Å². The first-order chi connectivity index (χ1) is 14.4. The highest BCUT2D eigenvalue weighted by Crippen LogP contribution is 2.43. The first-order valence-corrected chi connectivity index (χ1v) is 10.8. The van der Waals surface area contributed by atoms with E-state index in [0.717, 1.165) is 23.7 Å². The molecule has 0 saturated heterocycles. The minimum absolute atomic E-state index is 0.132. The smallest absolute Gasteiger partial charge is 0.177 e. The molecule has 1 aromatic carbocycles. The van der Waals surface area contributed by atoms with E-state index in [9.17, 15) is 0 Å². The van der Waals surface area contributed by atoms with Gasteiger partial charge in [-0.1, -0.05) is 36.4 Å². The van der Waals surface area contributed by atoms with Gasteiger partial charge in [-0.05, 0) is 67.9 Å². The van der Waals surface area contributed by atoms with Crippen molar-refractivity contribution in [1.82, 2.24) is 19.7 Å². The van der Waals surface area contributed by atoms with Gasteiger partial charge in [0.15, 0.2) is 5.65 Å². The van der Waals surface area contributed by atoms with E-state index < -0.39 is 0 Å². The fourth-order valence-electron chi connectivity index (χ4n) is 4.33. The molecule has 0 amide bonds. The number of rotatable bonds is 8. The number of nitrogens with one attached hydrogen (secondary N) is 1. The second kappa shape index (κ2) is 8.05. The lowest BCUT2D eigenvalue weighted by atomic mass is 9.90. The molecular weight excluding hydrogens is 370 g/mol. The molecule has 30 heavy (non-hydrogen) atoms. The zero-order chi connectivity index (χ0) is 21.4. The summed E-state index contributed by atoms with van der Waals surface area (Å²) in [5, 5.41) is 7.89. The fraction of sp³-hybridized carbons (Fsp3) is 0.400. The van der Waals surface area contributed by atoms with Crippen LogP contribution >= 0.6 is 0 Å². The van der Waals surface area contributed by atoms with Crippen LogP contribution in [0.5, 0.6) is 0 Å². The van der Waals surface area contributed by atoms with Gasteiger partial charge in [0.1, 0.15) is 0 Å². The van der Waals surface area contributed by atoms with Gasteiger partial charge < -0.3 is 10.2 Å². The largest absolute Gasteiger partial charge is 0.388 e. The maximum atomic E-state index is 4.48. The third-order valence-electron chi connectivity index (χ3n) is 6.28. The van der Waals surface area contributed by atoms with Crippen LogP contribution in [0.2, 0.25) is 0 Å². The third-order valence-corrected chi connectivity index (χ3v) is 6.28. The summed E-state index contributed by atoms with van der Waals surface area (Å²) < 4.78 is 2.12. The highest BCUT2D eigenvalue weighted by Gasteiger charge is 2.31. The number of allylic oxidation sites excluding steroid dienone is 1. The molecule has 1 unspecified atom stereocenters. The fourth-order valence-corrected chi connectivity index (χ4v) is 4.33. The Bertz CT molecular complexity index is 1080. The number of aryl methyl sites for hydroxylation is 3. The number of pyridine rings is 1. The van der Waals surface area contributed by atoms with Crippen LogP contribution in [0, 0.1) is 19.8 Å². The minimum Gasteiger partial charge on any atom is -0.388 e. The zero-order valence-corrected chi connectivity index (χ0v) is 18.8. The van der Waals surface area contributed by atoms with Crippen molar-refractivity contribution in [2.45, 2.75) is 39.2 Å². The second-order valence-electron chi connectivity index (χ2n) is 8.60. The van der Waals surface area contributed by atoms with Crippen LogP contribution in [-0.2, 0) is 7.05 Å². The summed E-state index contributed by atoms with van der Waals surface area (Å²) in [6.45, 7) is 8.37. The number of benzene rings is 1. The molecule has 4 rings (SSSR count). The molecule has 0 radical (unpaired) electrons. The number of hydrogen-bond acceptors (Lipinski definition) is 3.